The lowest BCUT2D eigenvalue weighted by Crippen LogP contribution is -2.60. The normalized spacial score (nSPS) is 17.6. The van der Waals surface area contributed by atoms with E-state index in [0.29, 0.717) is 39.0 Å². The van der Waals surface area contributed by atoms with Gasteiger partial charge >= 0.3 is 0 Å². The molecule has 8 nitrogen and oxygen atoms in total. The number of nitrogens with zero attached hydrogens (tertiary/aromatic N) is 4. The SMILES string of the molecule is CCc1ccc(F)c(C(=O)N[C@@H](C(=O)N2CCC3(CC2)C(=O)N(CC#N)CN3c2ccccc2)C(C)C)c1. The van der Waals surface area contributed by atoms with Crippen LogP contribution < -0.4 is 10.2 Å². The maximum atomic E-state index is 14.4. The third-order valence-corrected chi connectivity index (χ3v) is 7.65. The number of amides is 3. The summed E-state index contributed by atoms with van der Waals surface area (Å²) in [5, 5.41) is 12.0. The molecule has 1 atom stereocenters. The Bertz CT molecular complexity index is 1230. The number of hydrogen-bond acceptors (Lipinski definition) is 5. The number of likely N-dealkylation sites (tertiary alicyclic amines) is 1. The van der Waals surface area contributed by atoms with Gasteiger partial charge in [0.15, 0.2) is 0 Å². The van der Waals surface area contributed by atoms with Crippen LogP contribution in [0.15, 0.2) is 48.5 Å². The average Bonchev–Trinajstić information content (AvgIpc) is 3.18. The molecule has 0 saturated carbocycles. The van der Waals surface area contributed by atoms with E-state index >= 15 is 0 Å². The molecule has 2 aromatic rings. The summed E-state index contributed by atoms with van der Waals surface area (Å²) in [7, 11) is 0. The monoisotopic (exact) mass is 519 g/mol. The van der Waals surface area contributed by atoms with Gasteiger partial charge in [-0.2, -0.15) is 5.26 Å². The third-order valence-electron chi connectivity index (χ3n) is 7.65. The molecule has 0 unspecified atom stereocenters. The van der Waals surface area contributed by atoms with E-state index in [1.54, 1.807) is 15.9 Å². The Balaban J connectivity index is 1.51. The summed E-state index contributed by atoms with van der Waals surface area (Å²) < 4.78 is 14.4. The predicted octanol–water partition coefficient (Wildman–Crippen LogP) is 3.33. The first-order valence-corrected chi connectivity index (χ1v) is 13.1. The fraction of sp³-hybridized carbons (Fsp3) is 0.448. The van der Waals surface area contributed by atoms with Gasteiger partial charge in [-0.15, -0.1) is 0 Å². The number of para-hydroxylation sites is 1. The van der Waals surface area contributed by atoms with E-state index in [1.807, 2.05) is 56.0 Å². The summed E-state index contributed by atoms with van der Waals surface area (Å²) in [6, 6.07) is 15.3. The first-order chi connectivity index (χ1) is 18.2. The highest BCUT2D eigenvalue weighted by atomic mass is 19.1. The molecule has 2 aromatic carbocycles. The predicted molar refractivity (Wildman–Crippen MR) is 142 cm³/mol. The molecule has 0 bridgehead atoms. The molecule has 2 aliphatic heterocycles. The van der Waals surface area contributed by atoms with Gasteiger partial charge in [-0.05, 0) is 55.0 Å². The summed E-state index contributed by atoms with van der Waals surface area (Å²) in [5.74, 6) is -1.82. The van der Waals surface area contributed by atoms with Crippen LogP contribution in [0.3, 0.4) is 0 Å². The van der Waals surface area contributed by atoms with Crippen molar-refractivity contribution in [3.63, 3.8) is 0 Å². The molecule has 1 N–H and O–H groups in total. The highest BCUT2D eigenvalue weighted by molar-refractivity contribution is 5.98. The van der Waals surface area contributed by atoms with Gasteiger partial charge in [-0.1, -0.05) is 45.0 Å². The molecule has 0 radical (unpaired) electrons. The molecule has 2 aliphatic rings. The Kier molecular flexibility index (Phi) is 8.00. The summed E-state index contributed by atoms with van der Waals surface area (Å²) in [6.07, 6.45) is 1.47. The van der Waals surface area contributed by atoms with E-state index in [1.165, 1.54) is 12.1 Å². The van der Waals surface area contributed by atoms with Gasteiger partial charge in [-0.25, -0.2) is 4.39 Å². The number of anilines is 1. The smallest absolute Gasteiger partial charge is 0.254 e. The van der Waals surface area contributed by atoms with Crippen LogP contribution in [-0.2, 0) is 16.0 Å². The zero-order valence-electron chi connectivity index (χ0n) is 22.1. The summed E-state index contributed by atoms with van der Waals surface area (Å²) in [6.45, 7) is 6.57. The molecule has 9 heteroatoms. The van der Waals surface area contributed by atoms with Gasteiger partial charge in [0.25, 0.3) is 11.8 Å². The van der Waals surface area contributed by atoms with Crippen molar-refractivity contribution in [3.05, 3.63) is 65.5 Å². The van der Waals surface area contributed by atoms with E-state index in [2.05, 4.69) is 11.4 Å². The molecular weight excluding hydrogens is 485 g/mol. The van der Waals surface area contributed by atoms with Gasteiger partial charge in [0.1, 0.15) is 23.9 Å². The van der Waals surface area contributed by atoms with Gasteiger partial charge in [0.05, 0.1) is 18.3 Å². The number of nitrogens with one attached hydrogen (secondary N) is 1. The zero-order valence-corrected chi connectivity index (χ0v) is 22.1. The molecule has 200 valence electrons. The number of carbonyl (C=O) groups is 3. The van der Waals surface area contributed by atoms with E-state index < -0.39 is 23.3 Å². The molecule has 0 aromatic heterocycles. The molecule has 2 fully saturated rings. The van der Waals surface area contributed by atoms with Gasteiger partial charge in [0, 0.05) is 18.8 Å². The molecule has 1 spiro atoms. The van der Waals surface area contributed by atoms with Crippen LogP contribution in [0.5, 0.6) is 0 Å². The number of nitriles is 1. The minimum Gasteiger partial charge on any atom is -0.341 e. The quantitative estimate of drug-likeness (QED) is 0.566. The van der Waals surface area contributed by atoms with Crippen molar-refractivity contribution in [3.8, 4) is 6.07 Å². The second-order valence-electron chi connectivity index (χ2n) is 10.3. The van der Waals surface area contributed by atoms with Crippen molar-refractivity contribution >= 4 is 23.4 Å². The number of aryl methyl sites for hydroxylation is 1. The van der Waals surface area contributed by atoms with Crippen LogP contribution in [0, 0.1) is 23.1 Å². The zero-order chi connectivity index (χ0) is 27.4. The highest BCUT2D eigenvalue weighted by Crippen LogP contribution is 2.39. The Labute approximate surface area is 223 Å². The fourth-order valence-corrected chi connectivity index (χ4v) is 5.40. The standard InChI is InChI=1S/C29H34FN5O3/c1-4-21-10-11-24(30)23(18-21)26(36)32-25(20(2)3)27(37)33-15-12-29(13-16-33)28(38)34(17-14-31)19-35(29)22-8-6-5-7-9-22/h5-11,18,20,25H,4,12-13,15-17,19H2,1-3H3,(H,32,36)/t25-/m1/s1. The van der Waals surface area contributed by atoms with Crippen LogP contribution in [0.25, 0.3) is 0 Å². The maximum absolute atomic E-state index is 14.4. The average molecular weight is 520 g/mol. The second-order valence-corrected chi connectivity index (χ2v) is 10.3. The molecule has 4 rings (SSSR count). The molecular formula is C29H34FN5O3. The van der Waals surface area contributed by atoms with E-state index in [0.717, 1.165) is 11.3 Å². The Morgan fingerprint density at radius 3 is 2.42 bits per heavy atom. The fourth-order valence-electron chi connectivity index (χ4n) is 5.40. The first kappa shape index (κ1) is 27.1. The van der Waals surface area contributed by atoms with Crippen LogP contribution in [0.2, 0.25) is 0 Å². The number of piperidine rings is 1. The van der Waals surface area contributed by atoms with Crippen molar-refractivity contribution in [1.82, 2.24) is 15.1 Å². The topological polar surface area (TPSA) is 96.7 Å². The maximum Gasteiger partial charge on any atom is 0.254 e. The van der Waals surface area contributed by atoms with Crippen molar-refractivity contribution < 1.29 is 18.8 Å². The van der Waals surface area contributed by atoms with Gasteiger partial charge in [-0.3, -0.25) is 14.4 Å². The highest BCUT2D eigenvalue weighted by Gasteiger charge is 2.54. The Morgan fingerprint density at radius 2 is 1.82 bits per heavy atom. The lowest BCUT2D eigenvalue weighted by molar-refractivity contribution is -0.140. The van der Waals surface area contributed by atoms with Gasteiger partial charge in [0.2, 0.25) is 5.91 Å². The number of benzene rings is 2. The number of rotatable bonds is 7. The van der Waals surface area contributed by atoms with Crippen molar-refractivity contribution in [2.75, 3.05) is 31.2 Å². The third kappa shape index (κ3) is 5.08. The largest absolute Gasteiger partial charge is 0.341 e. The van der Waals surface area contributed by atoms with Crippen LogP contribution in [-0.4, -0.2) is 65.4 Å². The Morgan fingerprint density at radius 1 is 1.13 bits per heavy atom. The minimum absolute atomic E-state index is 0.00378. The van der Waals surface area contributed by atoms with Crippen molar-refractivity contribution in [2.45, 2.75) is 51.6 Å². The van der Waals surface area contributed by atoms with Gasteiger partial charge < -0.3 is 20.0 Å². The number of carbonyl (C=O) groups excluding carboxylic acids is 3. The van der Waals surface area contributed by atoms with Crippen LogP contribution in [0.1, 0.15) is 49.5 Å². The summed E-state index contributed by atoms with van der Waals surface area (Å²) >= 11 is 0. The van der Waals surface area contributed by atoms with E-state index in [4.69, 9.17) is 0 Å². The molecule has 3 amide bonds. The van der Waals surface area contributed by atoms with E-state index in [-0.39, 0.29) is 29.8 Å². The van der Waals surface area contributed by atoms with E-state index in [9.17, 15) is 24.0 Å². The molecule has 2 heterocycles. The number of halogens is 1. The van der Waals surface area contributed by atoms with Crippen molar-refractivity contribution in [1.29, 1.82) is 5.26 Å². The summed E-state index contributed by atoms with van der Waals surface area (Å²) in [5.41, 5.74) is 0.813. The lowest BCUT2D eigenvalue weighted by Gasteiger charge is -2.44. The Hall–Kier alpha value is -3.93. The number of hydrogen-bond donors (Lipinski definition) is 1. The van der Waals surface area contributed by atoms with Crippen LogP contribution >= 0.6 is 0 Å². The minimum atomic E-state index is -0.838. The molecule has 2 saturated heterocycles. The molecule has 0 aliphatic carbocycles. The summed E-state index contributed by atoms with van der Waals surface area (Å²) in [4.78, 5) is 45.3. The first-order valence-electron chi connectivity index (χ1n) is 13.1. The second kappa shape index (κ2) is 11.2. The van der Waals surface area contributed by atoms with Crippen molar-refractivity contribution in [2.24, 2.45) is 5.92 Å². The molecule has 38 heavy (non-hydrogen) atoms. The lowest BCUT2D eigenvalue weighted by atomic mass is 9.85. The van der Waals surface area contributed by atoms with Crippen LogP contribution in [0.4, 0.5) is 10.1 Å².